The molecule has 1 aromatic heterocycles. The lowest BCUT2D eigenvalue weighted by molar-refractivity contribution is -0.141. The summed E-state index contributed by atoms with van der Waals surface area (Å²) in [5.74, 6) is 0.360. The van der Waals surface area contributed by atoms with E-state index >= 15 is 0 Å². The number of amides is 1. The zero-order chi connectivity index (χ0) is 18.1. The summed E-state index contributed by atoms with van der Waals surface area (Å²) in [6, 6.07) is -0.155. The Morgan fingerprint density at radius 1 is 1.21 bits per heavy atom. The van der Waals surface area contributed by atoms with Crippen molar-refractivity contribution in [2.45, 2.75) is 45.5 Å². The lowest BCUT2D eigenvalue weighted by Crippen LogP contribution is -2.55. The molecule has 9 heteroatoms. The van der Waals surface area contributed by atoms with Crippen molar-refractivity contribution in [1.29, 1.82) is 0 Å². The van der Waals surface area contributed by atoms with Gasteiger partial charge in [-0.25, -0.2) is 14.8 Å². The van der Waals surface area contributed by atoms with Gasteiger partial charge in [-0.15, -0.1) is 0 Å². The number of piperazine rings is 1. The predicted octanol–water partition coefficient (Wildman–Crippen LogP) is 2.94. The molecule has 24 heavy (non-hydrogen) atoms. The summed E-state index contributed by atoms with van der Waals surface area (Å²) in [5.41, 5.74) is -1.60. The second-order valence-electron chi connectivity index (χ2n) is 6.73. The Morgan fingerprint density at radius 2 is 1.88 bits per heavy atom. The van der Waals surface area contributed by atoms with E-state index in [-0.39, 0.29) is 6.04 Å². The highest BCUT2D eigenvalue weighted by atomic mass is 19.4. The molecule has 0 unspecified atom stereocenters. The molecule has 1 amide bonds. The largest absolute Gasteiger partial charge is 0.444 e. The van der Waals surface area contributed by atoms with Crippen LogP contribution in [0.3, 0.4) is 0 Å². The average Bonchev–Trinajstić information content (AvgIpc) is 2.44. The third-order valence-electron chi connectivity index (χ3n) is 3.51. The normalized spacial score (nSPS) is 19.4. The number of anilines is 1. The Balaban J connectivity index is 2.01. The van der Waals surface area contributed by atoms with Gasteiger partial charge in [0.25, 0.3) is 0 Å². The van der Waals surface area contributed by atoms with E-state index in [4.69, 9.17) is 4.74 Å². The molecule has 0 radical (unpaired) electrons. The average molecular weight is 346 g/mol. The fraction of sp³-hybridized carbons (Fsp3) is 0.667. The Labute approximate surface area is 138 Å². The number of halogens is 3. The van der Waals surface area contributed by atoms with Crippen molar-refractivity contribution < 1.29 is 22.7 Å². The van der Waals surface area contributed by atoms with Gasteiger partial charge < -0.3 is 14.5 Å². The maximum absolute atomic E-state index is 12.5. The molecule has 6 nitrogen and oxygen atoms in total. The fourth-order valence-electron chi connectivity index (χ4n) is 2.39. The Hall–Kier alpha value is -2.06. The third-order valence-corrected chi connectivity index (χ3v) is 3.51. The number of rotatable bonds is 1. The lowest BCUT2D eigenvalue weighted by Gasteiger charge is -2.40. The number of carbonyl (C=O) groups is 1. The molecule has 1 aliphatic heterocycles. The van der Waals surface area contributed by atoms with Crippen molar-refractivity contribution in [3.05, 3.63) is 18.1 Å². The van der Waals surface area contributed by atoms with E-state index in [2.05, 4.69) is 9.97 Å². The molecule has 2 rings (SSSR count). The minimum Gasteiger partial charge on any atom is -0.444 e. The highest BCUT2D eigenvalue weighted by molar-refractivity contribution is 5.69. The van der Waals surface area contributed by atoms with Gasteiger partial charge in [0.2, 0.25) is 0 Å². The molecule has 134 valence electrons. The Kier molecular flexibility index (Phi) is 4.91. The highest BCUT2D eigenvalue weighted by Gasteiger charge is 2.34. The summed E-state index contributed by atoms with van der Waals surface area (Å²) in [5, 5.41) is 0. The van der Waals surface area contributed by atoms with E-state index < -0.39 is 23.6 Å². The molecule has 1 saturated heterocycles. The number of hydrogen-bond acceptors (Lipinski definition) is 5. The van der Waals surface area contributed by atoms with Crippen molar-refractivity contribution in [2.75, 3.05) is 24.5 Å². The van der Waals surface area contributed by atoms with E-state index in [1.165, 1.54) is 0 Å². The molecule has 0 N–H and O–H groups in total. The molecule has 0 aliphatic carbocycles. The zero-order valence-electron chi connectivity index (χ0n) is 14.1. The predicted molar refractivity (Wildman–Crippen MR) is 81.6 cm³/mol. The van der Waals surface area contributed by atoms with Gasteiger partial charge in [-0.2, -0.15) is 13.2 Å². The first-order chi connectivity index (χ1) is 11.0. The molecule has 1 atom stereocenters. The number of aromatic nitrogens is 2. The summed E-state index contributed by atoms with van der Waals surface area (Å²) in [6.07, 6.45) is -3.07. The van der Waals surface area contributed by atoms with Crippen LogP contribution in [-0.2, 0) is 10.9 Å². The van der Waals surface area contributed by atoms with Gasteiger partial charge in [-0.3, -0.25) is 0 Å². The maximum atomic E-state index is 12.5. The summed E-state index contributed by atoms with van der Waals surface area (Å²) in [4.78, 5) is 22.8. The van der Waals surface area contributed by atoms with Crippen LogP contribution >= 0.6 is 0 Å². The number of hydrogen-bond donors (Lipinski definition) is 0. The van der Waals surface area contributed by atoms with Crippen LogP contribution in [0.2, 0.25) is 0 Å². The van der Waals surface area contributed by atoms with Gasteiger partial charge in [0, 0.05) is 25.7 Å². The van der Waals surface area contributed by atoms with Crippen LogP contribution in [0.25, 0.3) is 0 Å². The van der Waals surface area contributed by atoms with Gasteiger partial charge in [-0.1, -0.05) is 0 Å². The standard InChI is InChI=1S/C15H21F3N4O2/c1-10-9-21(5-6-22(10)13(23)24-14(2,3)4)12-8-19-11(7-20-12)15(16,17)18/h7-8,10H,5-6,9H2,1-4H3/t10-/m0/s1. The molecule has 0 aromatic carbocycles. The van der Waals surface area contributed by atoms with E-state index in [1.54, 1.807) is 30.6 Å². The molecule has 1 aliphatic rings. The molecule has 0 bridgehead atoms. The topological polar surface area (TPSA) is 58.6 Å². The van der Waals surface area contributed by atoms with Gasteiger partial charge in [-0.05, 0) is 27.7 Å². The van der Waals surface area contributed by atoms with Gasteiger partial charge in [0.15, 0.2) is 5.69 Å². The number of nitrogens with zero attached hydrogens (tertiary/aromatic N) is 4. The van der Waals surface area contributed by atoms with Crippen LogP contribution in [-0.4, -0.2) is 52.2 Å². The van der Waals surface area contributed by atoms with Crippen molar-refractivity contribution in [3.63, 3.8) is 0 Å². The van der Waals surface area contributed by atoms with Gasteiger partial charge in [0.05, 0.1) is 12.4 Å². The van der Waals surface area contributed by atoms with Crippen LogP contribution in [0.1, 0.15) is 33.4 Å². The van der Waals surface area contributed by atoms with Crippen LogP contribution in [0.4, 0.5) is 23.8 Å². The zero-order valence-corrected chi connectivity index (χ0v) is 14.1. The molecule has 1 aromatic rings. The van der Waals surface area contributed by atoms with Crippen molar-refractivity contribution in [2.24, 2.45) is 0 Å². The first kappa shape index (κ1) is 18.3. The molecule has 2 heterocycles. The molecule has 0 spiro atoms. The Bertz CT molecular complexity index is 584. The minimum atomic E-state index is -4.51. The maximum Gasteiger partial charge on any atom is 0.434 e. The highest BCUT2D eigenvalue weighted by Crippen LogP contribution is 2.27. The molecular weight excluding hydrogens is 325 g/mol. The van der Waals surface area contributed by atoms with E-state index in [0.29, 0.717) is 25.5 Å². The third kappa shape index (κ3) is 4.48. The number of ether oxygens (including phenoxy) is 1. The summed E-state index contributed by atoms with van der Waals surface area (Å²) >= 11 is 0. The molecule has 1 fully saturated rings. The smallest absolute Gasteiger partial charge is 0.434 e. The summed E-state index contributed by atoms with van der Waals surface area (Å²) in [7, 11) is 0. The first-order valence-corrected chi connectivity index (χ1v) is 7.61. The monoisotopic (exact) mass is 346 g/mol. The van der Waals surface area contributed by atoms with E-state index in [1.807, 2.05) is 6.92 Å². The van der Waals surface area contributed by atoms with Crippen LogP contribution < -0.4 is 4.90 Å². The number of alkyl halides is 3. The van der Waals surface area contributed by atoms with Crippen molar-refractivity contribution >= 4 is 11.9 Å². The van der Waals surface area contributed by atoms with E-state index in [9.17, 15) is 18.0 Å². The summed E-state index contributed by atoms with van der Waals surface area (Å²) in [6.45, 7) is 8.53. The fourth-order valence-corrected chi connectivity index (χ4v) is 2.39. The number of carbonyl (C=O) groups excluding carboxylic acids is 1. The minimum absolute atomic E-state index is 0.155. The van der Waals surface area contributed by atoms with Crippen LogP contribution in [0.15, 0.2) is 12.4 Å². The first-order valence-electron chi connectivity index (χ1n) is 7.61. The van der Waals surface area contributed by atoms with Crippen LogP contribution in [0.5, 0.6) is 0 Å². The lowest BCUT2D eigenvalue weighted by atomic mass is 10.2. The quantitative estimate of drug-likeness (QED) is 0.782. The van der Waals surface area contributed by atoms with Crippen molar-refractivity contribution in [3.8, 4) is 0 Å². The second kappa shape index (κ2) is 6.45. The van der Waals surface area contributed by atoms with Crippen molar-refractivity contribution in [1.82, 2.24) is 14.9 Å². The van der Waals surface area contributed by atoms with Crippen LogP contribution in [0, 0.1) is 0 Å². The van der Waals surface area contributed by atoms with E-state index in [0.717, 1.165) is 12.4 Å². The Morgan fingerprint density at radius 3 is 2.33 bits per heavy atom. The SMILES string of the molecule is C[C@H]1CN(c2cnc(C(F)(F)F)cn2)CCN1C(=O)OC(C)(C)C. The molecule has 0 saturated carbocycles. The second-order valence-corrected chi connectivity index (χ2v) is 6.73. The summed E-state index contributed by atoms with van der Waals surface area (Å²) < 4.78 is 42.9. The van der Waals surface area contributed by atoms with Gasteiger partial charge in [0.1, 0.15) is 11.4 Å². The van der Waals surface area contributed by atoms with Gasteiger partial charge >= 0.3 is 12.3 Å². The molecular formula is C15H21F3N4O2.